The molecule has 1 aliphatic rings. The molecule has 2 aromatic rings. The summed E-state index contributed by atoms with van der Waals surface area (Å²) in [6.07, 6.45) is 0. The summed E-state index contributed by atoms with van der Waals surface area (Å²) in [5.74, 6) is 0.428. The number of nitrogens with zero attached hydrogens (tertiary/aromatic N) is 3. The van der Waals surface area contributed by atoms with Crippen LogP contribution in [-0.2, 0) is 28.1 Å². The maximum absolute atomic E-state index is 11.7. The van der Waals surface area contributed by atoms with Crippen molar-refractivity contribution in [2.24, 2.45) is 0 Å². The van der Waals surface area contributed by atoms with Gasteiger partial charge in [0.15, 0.2) is 0 Å². The minimum Gasteiger partial charge on any atom is -0.329 e. The molecule has 0 bridgehead atoms. The van der Waals surface area contributed by atoms with Crippen LogP contribution in [0.3, 0.4) is 0 Å². The molecule has 1 fully saturated rings. The van der Waals surface area contributed by atoms with Crippen molar-refractivity contribution in [3.63, 3.8) is 0 Å². The van der Waals surface area contributed by atoms with Gasteiger partial charge in [-0.25, -0.2) is 9.71 Å². The lowest BCUT2D eigenvalue weighted by Gasteiger charge is -2.12. The number of nitrogens with one attached hydrogen (secondary N) is 1. The number of imidazole rings is 1. The molecule has 1 aliphatic heterocycles. The normalized spacial score (nSPS) is 18.3. The fourth-order valence-corrected chi connectivity index (χ4v) is 3.71. The van der Waals surface area contributed by atoms with Crippen molar-refractivity contribution in [1.29, 1.82) is 0 Å². The summed E-state index contributed by atoms with van der Waals surface area (Å²) in [6.45, 7) is 4.85. The van der Waals surface area contributed by atoms with Crippen LogP contribution < -0.4 is 4.72 Å². The van der Waals surface area contributed by atoms with E-state index in [0.29, 0.717) is 0 Å². The van der Waals surface area contributed by atoms with Crippen molar-refractivity contribution in [2.75, 3.05) is 6.54 Å². The highest BCUT2D eigenvalue weighted by atomic mass is 32.2. The molecular formula is C13H16N4O3S. The quantitative estimate of drug-likeness (QED) is 0.897. The van der Waals surface area contributed by atoms with Gasteiger partial charge in [0.1, 0.15) is 5.82 Å². The van der Waals surface area contributed by atoms with E-state index in [-0.39, 0.29) is 13.1 Å². The largest absolute Gasteiger partial charge is 0.329 e. The first-order chi connectivity index (χ1) is 9.90. The Morgan fingerprint density at radius 2 is 2.14 bits per heavy atom. The van der Waals surface area contributed by atoms with E-state index in [1.54, 1.807) is 0 Å². The SMILES string of the molecule is CCn1c(C)nc2cc(CN3CC(=O)NS3(=O)=O)ccc21. The van der Waals surface area contributed by atoms with Crippen LogP contribution in [0.15, 0.2) is 18.2 Å². The summed E-state index contributed by atoms with van der Waals surface area (Å²) in [7, 11) is -3.69. The van der Waals surface area contributed by atoms with Crippen LogP contribution in [-0.4, -0.2) is 34.7 Å². The molecule has 21 heavy (non-hydrogen) atoms. The van der Waals surface area contributed by atoms with Gasteiger partial charge in [0.25, 0.3) is 0 Å². The van der Waals surface area contributed by atoms with Gasteiger partial charge in [-0.3, -0.25) is 4.79 Å². The second kappa shape index (κ2) is 4.81. The van der Waals surface area contributed by atoms with E-state index in [0.717, 1.165) is 33.3 Å². The topological polar surface area (TPSA) is 84.3 Å². The number of benzene rings is 1. The molecule has 2 heterocycles. The number of carbonyl (C=O) groups excluding carboxylic acids is 1. The third-order valence-electron chi connectivity index (χ3n) is 3.58. The molecule has 0 radical (unpaired) electrons. The molecule has 1 amide bonds. The van der Waals surface area contributed by atoms with Crippen LogP contribution in [0.2, 0.25) is 0 Å². The van der Waals surface area contributed by atoms with Crippen LogP contribution in [0.1, 0.15) is 18.3 Å². The summed E-state index contributed by atoms with van der Waals surface area (Å²) in [5, 5.41) is 0. The molecule has 1 aromatic carbocycles. The first kappa shape index (κ1) is 14.0. The lowest BCUT2D eigenvalue weighted by molar-refractivity contribution is -0.118. The van der Waals surface area contributed by atoms with Gasteiger partial charge in [0, 0.05) is 13.1 Å². The van der Waals surface area contributed by atoms with Crippen molar-refractivity contribution in [3.05, 3.63) is 29.6 Å². The lowest BCUT2D eigenvalue weighted by Crippen LogP contribution is -2.29. The molecule has 0 aliphatic carbocycles. The maximum Gasteiger partial charge on any atom is 0.304 e. The Morgan fingerprint density at radius 1 is 1.38 bits per heavy atom. The summed E-state index contributed by atoms with van der Waals surface area (Å²) < 4.78 is 28.6. The molecule has 0 unspecified atom stereocenters. The Hall–Kier alpha value is -1.93. The van der Waals surface area contributed by atoms with Crippen LogP contribution in [0.5, 0.6) is 0 Å². The highest BCUT2D eigenvalue weighted by Gasteiger charge is 2.33. The van der Waals surface area contributed by atoms with E-state index in [1.807, 2.05) is 29.8 Å². The van der Waals surface area contributed by atoms with Gasteiger partial charge in [-0.1, -0.05) is 6.07 Å². The standard InChI is InChI=1S/C13H16N4O3S/c1-3-17-9(2)14-11-6-10(4-5-12(11)17)7-16-8-13(18)15-21(16,19)20/h4-6H,3,7-8H2,1-2H3,(H,15,18). The van der Waals surface area contributed by atoms with Gasteiger partial charge >= 0.3 is 10.2 Å². The van der Waals surface area contributed by atoms with Crippen LogP contribution in [0, 0.1) is 6.92 Å². The molecule has 112 valence electrons. The average molecular weight is 308 g/mol. The predicted molar refractivity (Wildman–Crippen MR) is 77.6 cm³/mol. The zero-order valence-corrected chi connectivity index (χ0v) is 12.6. The number of hydrogen-bond acceptors (Lipinski definition) is 4. The Morgan fingerprint density at radius 3 is 2.76 bits per heavy atom. The molecule has 3 rings (SSSR count). The van der Waals surface area contributed by atoms with Crippen molar-refractivity contribution in [2.45, 2.75) is 26.9 Å². The second-order valence-corrected chi connectivity index (χ2v) is 6.70. The van der Waals surface area contributed by atoms with Crippen molar-refractivity contribution in [3.8, 4) is 0 Å². The van der Waals surface area contributed by atoms with Crippen molar-refractivity contribution < 1.29 is 13.2 Å². The number of amides is 1. The molecule has 0 spiro atoms. The van der Waals surface area contributed by atoms with Gasteiger partial charge < -0.3 is 4.57 Å². The van der Waals surface area contributed by atoms with Crippen molar-refractivity contribution >= 4 is 27.1 Å². The summed E-state index contributed by atoms with van der Waals surface area (Å²) in [5.41, 5.74) is 2.67. The van der Waals surface area contributed by atoms with Crippen LogP contribution >= 0.6 is 0 Å². The highest BCUT2D eigenvalue weighted by Crippen LogP contribution is 2.20. The first-order valence-electron chi connectivity index (χ1n) is 6.67. The van der Waals surface area contributed by atoms with E-state index >= 15 is 0 Å². The van der Waals surface area contributed by atoms with E-state index in [4.69, 9.17) is 0 Å². The summed E-state index contributed by atoms with van der Waals surface area (Å²) in [4.78, 5) is 15.7. The molecule has 0 saturated carbocycles. The molecular weight excluding hydrogens is 292 g/mol. The molecule has 8 heteroatoms. The maximum atomic E-state index is 11.7. The Bertz CT molecular complexity index is 825. The Kier molecular flexibility index (Phi) is 3.22. The van der Waals surface area contributed by atoms with Crippen LogP contribution in [0.4, 0.5) is 0 Å². The summed E-state index contributed by atoms with van der Waals surface area (Å²) in [6, 6.07) is 5.67. The zero-order chi connectivity index (χ0) is 15.2. The Balaban J connectivity index is 1.94. The van der Waals surface area contributed by atoms with Crippen molar-refractivity contribution in [1.82, 2.24) is 18.6 Å². The van der Waals surface area contributed by atoms with E-state index < -0.39 is 16.1 Å². The zero-order valence-electron chi connectivity index (χ0n) is 11.8. The van der Waals surface area contributed by atoms with Gasteiger partial charge in [-0.05, 0) is 31.5 Å². The average Bonchev–Trinajstić information content (AvgIpc) is 2.84. The molecule has 1 N–H and O–H groups in total. The fraction of sp³-hybridized carbons (Fsp3) is 0.385. The molecule has 1 saturated heterocycles. The van der Waals surface area contributed by atoms with E-state index in [2.05, 4.69) is 16.5 Å². The third-order valence-corrected chi connectivity index (χ3v) is 5.01. The smallest absolute Gasteiger partial charge is 0.304 e. The molecule has 7 nitrogen and oxygen atoms in total. The second-order valence-electron chi connectivity index (χ2n) is 5.02. The van der Waals surface area contributed by atoms with E-state index in [1.165, 1.54) is 0 Å². The Labute approximate surface area is 122 Å². The number of aryl methyl sites for hydroxylation is 2. The first-order valence-corrected chi connectivity index (χ1v) is 8.11. The van der Waals surface area contributed by atoms with Gasteiger partial charge in [0.2, 0.25) is 5.91 Å². The number of carbonyl (C=O) groups is 1. The number of hydrogen-bond donors (Lipinski definition) is 1. The molecule has 1 aromatic heterocycles. The monoisotopic (exact) mass is 308 g/mol. The van der Waals surface area contributed by atoms with Gasteiger partial charge in [-0.15, -0.1) is 0 Å². The van der Waals surface area contributed by atoms with Gasteiger partial charge in [-0.2, -0.15) is 12.7 Å². The fourth-order valence-electron chi connectivity index (χ4n) is 2.62. The summed E-state index contributed by atoms with van der Waals surface area (Å²) >= 11 is 0. The minimum atomic E-state index is -3.69. The third kappa shape index (κ3) is 2.40. The minimum absolute atomic E-state index is 0.136. The highest BCUT2D eigenvalue weighted by molar-refractivity contribution is 7.88. The van der Waals surface area contributed by atoms with Crippen LogP contribution in [0.25, 0.3) is 11.0 Å². The lowest BCUT2D eigenvalue weighted by atomic mass is 10.2. The van der Waals surface area contributed by atoms with E-state index in [9.17, 15) is 13.2 Å². The number of rotatable bonds is 3. The predicted octanol–water partition coefficient (Wildman–Crippen LogP) is 0.541. The molecule has 0 atom stereocenters. The number of fused-ring (bicyclic) bond motifs is 1. The number of aromatic nitrogens is 2. The van der Waals surface area contributed by atoms with Gasteiger partial charge in [0.05, 0.1) is 17.6 Å².